The van der Waals surface area contributed by atoms with Crippen LogP contribution in [0.3, 0.4) is 0 Å². The minimum Gasteiger partial charge on any atom is -0.358 e. The molecule has 0 radical (unpaired) electrons. The third-order valence-electron chi connectivity index (χ3n) is 6.18. The standard InChI is InChI=1S/C21H23ClFN5O/c1-12-19(23)20(26-29-12)13-3-5-14(6-4-13)21-25-24-18-11-27(2)10-15-9-16(22)7-8-17(15)28(18)21/h7-9,13-14H,3-6,10-11H2,1-2H3/t13-,14-. The van der Waals surface area contributed by atoms with Gasteiger partial charge in [0.25, 0.3) is 0 Å². The van der Waals surface area contributed by atoms with Crippen LogP contribution in [0.2, 0.25) is 5.02 Å². The molecule has 1 aliphatic heterocycles. The Balaban J connectivity index is 1.45. The van der Waals surface area contributed by atoms with Crippen LogP contribution >= 0.6 is 11.6 Å². The smallest absolute Gasteiger partial charge is 0.188 e. The molecule has 3 aromatic rings. The van der Waals surface area contributed by atoms with Gasteiger partial charge in [0.05, 0.1) is 12.2 Å². The molecule has 2 aromatic heterocycles. The molecule has 0 atom stereocenters. The van der Waals surface area contributed by atoms with E-state index in [-0.39, 0.29) is 23.4 Å². The summed E-state index contributed by atoms with van der Waals surface area (Å²) in [6.45, 7) is 3.16. The van der Waals surface area contributed by atoms with E-state index in [1.165, 1.54) is 5.56 Å². The van der Waals surface area contributed by atoms with Crippen molar-refractivity contribution in [3.8, 4) is 5.69 Å². The molecule has 8 heteroatoms. The first-order chi connectivity index (χ1) is 14.0. The molecule has 1 saturated carbocycles. The number of hydrogen-bond donors (Lipinski definition) is 0. The number of rotatable bonds is 2. The quantitative estimate of drug-likeness (QED) is 0.604. The maximum absolute atomic E-state index is 14.2. The highest BCUT2D eigenvalue weighted by Gasteiger charge is 2.32. The zero-order valence-electron chi connectivity index (χ0n) is 16.5. The van der Waals surface area contributed by atoms with Gasteiger partial charge in [-0.1, -0.05) is 16.8 Å². The highest BCUT2D eigenvalue weighted by molar-refractivity contribution is 6.30. The van der Waals surface area contributed by atoms with Gasteiger partial charge >= 0.3 is 0 Å². The van der Waals surface area contributed by atoms with Crippen LogP contribution in [0.5, 0.6) is 0 Å². The minimum absolute atomic E-state index is 0.104. The third kappa shape index (κ3) is 3.26. The predicted octanol–water partition coefficient (Wildman–Crippen LogP) is 4.74. The van der Waals surface area contributed by atoms with Crippen molar-refractivity contribution in [2.75, 3.05) is 7.05 Å². The van der Waals surface area contributed by atoms with Gasteiger partial charge in [0.2, 0.25) is 0 Å². The fraction of sp³-hybridized carbons (Fsp3) is 0.476. The first kappa shape index (κ1) is 18.8. The molecule has 0 N–H and O–H groups in total. The van der Waals surface area contributed by atoms with Gasteiger partial charge in [-0.25, -0.2) is 4.39 Å². The topological polar surface area (TPSA) is 60.0 Å². The van der Waals surface area contributed by atoms with Crippen molar-refractivity contribution >= 4 is 11.6 Å². The molecule has 3 heterocycles. The summed E-state index contributed by atoms with van der Waals surface area (Å²) < 4.78 is 21.5. The van der Waals surface area contributed by atoms with Crippen molar-refractivity contribution in [1.82, 2.24) is 24.8 Å². The first-order valence-corrected chi connectivity index (χ1v) is 10.4. The number of aryl methyl sites for hydroxylation is 1. The first-order valence-electron chi connectivity index (χ1n) is 10.0. The van der Waals surface area contributed by atoms with Gasteiger partial charge in [0.1, 0.15) is 11.5 Å². The molecule has 1 aliphatic carbocycles. The Morgan fingerprint density at radius 3 is 2.59 bits per heavy atom. The van der Waals surface area contributed by atoms with E-state index >= 15 is 0 Å². The number of aromatic nitrogens is 4. The average molecular weight is 416 g/mol. The van der Waals surface area contributed by atoms with E-state index in [4.69, 9.17) is 16.1 Å². The van der Waals surface area contributed by atoms with E-state index in [0.717, 1.165) is 61.1 Å². The summed E-state index contributed by atoms with van der Waals surface area (Å²) in [4.78, 5) is 2.22. The summed E-state index contributed by atoms with van der Waals surface area (Å²) in [5.74, 6) is 2.31. The number of benzene rings is 1. The maximum atomic E-state index is 14.2. The summed E-state index contributed by atoms with van der Waals surface area (Å²) in [6, 6.07) is 6.01. The van der Waals surface area contributed by atoms with E-state index in [9.17, 15) is 4.39 Å². The summed E-state index contributed by atoms with van der Waals surface area (Å²) in [6.07, 6.45) is 3.58. The van der Waals surface area contributed by atoms with Gasteiger partial charge in [-0.15, -0.1) is 10.2 Å². The molecule has 6 nitrogen and oxygen atoms in total. The van der Waals surface area contributed by atoms with Crippen molar-refractivity contribution < 1.29 is 8.91 Å². The summed E-state index contributed by atoms with van der Waals surface area (Å²) in [5.41, 5.74) is 2.75. The van der Waals surface area contributed by atoms with Crippen molar-refractivity contribution in [1.29, 1.82) is 0 Å². The molecular weight excluding hydrogens is 393 g/mol. The fourth-order valence-corrected chi connectivity index (χ4v) is 4.90. The second-order valence-electron chi connectivity index (χ2n) is 8.24. The van der Waals surface area contributed by atoms with Crippen LogP contribution in [-0.4, -0.2) is 31.9 Å². The monoisotopic (exact) mass is 415 g/mol. The maximum Gasteiger partial charge on any atom is 0.188 e. The molecule has 0 spiro atoms. The SMILES string of the molecule is Cc1onc([C@H]2CC[C@H](c3nnc4n3-c3ccc(Cl)cc3CN(C)C4)CC2)c1F. The van der Waals surface area contributed by atoms with E-state index in [0.29, 0.717) is 5.69 Å². The molecule has 5 rings (SSSR count). The molecule has 0 bridgehead atoms. The Morgan fingerprint density at radius 1 is 1.10 bits per heavy atom. The van der Waals surface area contributed by atoms with Gasteiger partial charge < -0.3 is 4.52 Å². The Labute approximate surface area is 173 Å². The van der Waals surface area contributed by atoms with Crippen LogP contribution in [0, 0.1) is 12.7 Å². The van der Waals surface area contributed by atoms with Crippen molar-refractivity contribution in [2.24, 2.45) is 0 Å². The summed E-state index contributed by atoms with van der Waals surface area (Å²) >= 11 is 6.25. The highest BCUT2D eigenvalue weighted by Crippen LogP contribution is 2.42. The molecule has 1 fully saturated rings. The molecule has 0 saturated heterocycles. The molecule has 29 heavy (non-hydrogen) atoms. The van der Waals surface area contributed by atoms with Crippen LogP contribution in [0.4, 0.5) is 4.39 Å². The number of halogens is 2. The van der Waals surface area contributed by atoms with Crippen molar-refractivity contribution in [2.45, 2.75) is 57.5 Å². The van der Waals surface area contributed by atoms with E-state index in [1.54, 1.807) is 6.92 Å². The largest absolute Gasteiger partial charge is 0.358 e. The predicted molar refractivity (Wildman–Crippen MR) is 107 cm³/mol. The van der Waals surface area contributed by atoms with Crippen LogP contribution in [0.25, 0.3) is 5.69 Å². The van der Waals surface area contributed by atoms with E-state index in [1.807, 2.05) is 12.1 Å². The number of nitrogens with zero attached hydrogens (tertiary/aromatic N) is 5. The van der Waals surface area contributed by atoms with Crippen LogP contribution in [0.15, 0.2) is 22.7 Å². The lowest BCUT2D eigenvalue weighted by atomic mass is 9.80. The van der Waals surface area contributed by atoms with Gasteiger partial charge in [-0.05, 0) is 63.4 Å². The van der Waals surface area contributed by atoms with E-state index in [2.05, 4.69) is 37.9 Å². The highest BCUT2D eigenvalue weighted by atomic mass is 35.5. The Hall–Kier alpha value is -2.25. The zero-order valence-corrected chi connectivity index (χ0v) is 17.3. The van der Waals surface area contributed by atoms with Crippen LogP contribution < -0.4 is 0 Å². The molecular formula is C21H23ClFN5O. The Kier molecular flexibility index (Phi) is 4.67. The number of hydrogen-bond acceptors (Lipinski definition) is 5. The van der Waals surface area contributed by atoms with Crippen LogP contribution in [0.1, 0.15) is 66.2 Å². The lowest BCUT2D eigenvalue weighted by Crippen LogP contribution is -2.17. The lowest BCUT2D eigenvalue weighted by Gasteiger charge is -2.27. The average Bonchev–Trinajstić information content (AvgIpc) is 3.22. The van der Waals surface area contributed by atoms with Gasteiger partial charge in [-0.3, -0.25) is 9.47 Å². The van der Waals surface area contributed by atoms with Gasteiger partial charge in [-0.2, -0.15) is 0 Å². The Bertz CT molecular complexity index is 1050. The Morgan fingerprint density at radius 2 is 1.86 bits per heavy atom. The van der Waals surface area contributed by atoms with Gasteiger partial charge in [0, 0.05) is 23.4 Å². The third-order valence-corrected chi connectivity index (χ3v) is 6.42. The molecule has 0 amide bonds. The molecule has 1 aromatic carbocycles. The van der Waals surface area contributed by atoms with Crippen molar-refractivity contribution in [3.05, 3.63) is 57.7 Å². The zero-order chi connectivity index (χ0) is 20.1. The summed E-state index contributed by atoms with van der Waals surface area (Å²) in [7, 11) is 2.08. The minimum atomic E-state index is -0.293. The van der Waals surface area contributed by atoms with Crippen molar-refractivity contribution in [3.63, 3.8) is 0 Å². The normalized spacial score (nSPS) is 22.2. The second kappa shape index (κ2) is 7.22. The lowest BCUT2D eigenvalue weighted by molar-refractivity contribution is 0.315. The molecule has 0 unspecified atom stereocenters. The van der Waals surface area contributed by atoms with Gasteiger partial charge in [0.15, 0.2) is 17.4 Å². The molecule has 2 aliphatic rings. The van der Waals surface area contributed by atoms with Crippen LogP contribution in [-0.2, 0) is 13.1 Å². The number of fused-ring (bicyclic) bond motifs is 3. The summed E-state index contributed by atoms with van der Waals surface area (Å²) in [5, 5.41) is 13.8. The fourth-order valence-electron chi connectivity index (χ4n) is 4.70. The second-order valence-corrected chi connectivity index (χ2v) is 8.68. The molecule has 152 valence electrons. The van der Waals surface area contributed by atoms with E-state index < -0.39 is 0 Å².